The lowest BCUT2D eigenvalue weighted by molar-refractivity contribution is -0.236. The van der Waals surface area contributed by atoms with Gasteiger partial charge in [-0.05, 0) is 49.4 Å². The van der Waals surface area contributed by atoms with Gasteiger partial charge in [-0.3, -0.25) is 9.59 Å². The van der Waals surface area contributed by atoms with Gasteiger partial charge >= 0.3 is 5.97 Å². The fraction of sp³-hybridized carbons (Fsp3) is 0.900. The minimum atomic E-state index is -0.988. The zero-order valence-corrected chi connectivity index (χ0v) is 15.3. The summed E-state index contributed by atoms with van der Waals surface area (Å²) >= 11 is 0. The molecule has 2 saturated heterocycles. The summed E-state index contributed by atoms with van der Waals surface area (Å²) in [7, 11) is 0. The van der Waals surface area contributed by atoms with Gasteiger partial charge in [0.15, 0.2) is 12.1 Å². The van der Waals surface area contributed by atoms with Crippen molar-refractivity contribution in [1.82, 2.24) is 0 Å². The first-order valence-electron chi connectivity index (χ1n) is 9.80. The van der Waals surface area contributed by atoms with E-state index in [1.165, 1.54) is 0 Å². The first-order chi connectivity index (χ1) is 11.7. The number of ketones is 1. The van der Waals surface area contributed by atoms with E-state index >= 15 is 0 Å². The Morgan fingerprint density at radius 2 is 1.92 bits per heavy atom. The van der Waals surface area contributed by atoms with Gasteiger partial charge in [0.05, 0.1) is 6.61 Å². The Morgan fingerprint density at radius 3 is 2.68 bits per heavy atom. The second-order valence-electron chi connectivity index (χ2n) is 9.93. The largest absolute Gasteiger partial charge is 0.461 e. The molecule has 0 aromatic carbocycles. The molecule has 0 aromatic rings. The zero-order valence-electron chi connectivity index (χ0n) is 15.3. The van der Waals surface area contributed by atoms with Gasteiger partial charge in [0.1, 0.15) is 11.5 Å². The highest BCUT2D eigenvalue weighted by Gasteiger charge is 2.77. The standard InChI is InChI=1S/C20H28O5/c1-10-11-4-5-12-19(8-11,15(10)21)17(23)25-13-6-7-18(2,3)14-16(22)24-9-20(12,13)14/h10-14,16,22H,4-9H2,1-3H3/t10-,11-,12+,13-,14+,16+,19-,20?/m0/s1. The number of aliphatic hydroxyl groups is 1. The van der Waals surface area contributed by atoms with Crippen molar-refractivity contribution < 1.29 is 24.2 Å². The number of esters is 1. The van der Waals surface area contributed by atoms with Gasteiger partial charge in [-0.15, -0.1) is 0 Å². The Morgan fingerprint density at radius 1 is 1.16 bits per heavy atom. The predicted molar refractivity (Wildman–Crippen MR) is 88.2 cm³/mol. The highest BCUT2D eigenvalue weighted by atomic mass is 16.6. The second kappa shape index (κ2) is 4.66. The highest BCUT2D eigenvalue weighted by molar-refractivity contribution is 6.07. The number of aliphatic hydroxyl groups excluding tert-OH is 1. The van der Waals surface area contributed by atoms with Crippen molar-refractivity contribution in [3.8, 4) is 0 Å². The monoisotopic (exact) mass is 348 g/mol. The lowest BCUT2D eigenvalue weighted by Gasteiger charge is -2.61. The molecule has 2 spiro atoms. The number of carbonyl (C=O) groups excluding carboxylic acids is 2. The number of hydrogen-bond acceptors (Lipinski definition) is 5. The molecule has 0 aromatic heterocycles. The summed E-state index contributed by atoms with van der Waals surface area (Å²) in [5.41, 5.74) is -1.50. The van der Waals surface area contributed by atoms with E-state index in [1.54, 1.807) is 0 Å². The van der Waals surface area contributed by atoms with Gasteiger partial charge in [-0.2, -0.15) is 0 Å². The van der Waals surface area contributed by atoms with Crippen LogP contribution in [0, 0.1) is 39.9 Å². The Balaban J connectivity index is 1.70. The van der Waals surface area contributed by atoms with Crippen LogP contribution in [-0.2, 0) is 19.1 Å². The molecule has 3 aliphatic carbocycles. The van der Waals surface area contributed by atoms with Gasteiger partial charge in [-0.25, -0.2) is 0 Å². The Labute approximate surface area is 148 Å². The highest BCUT2D eigenvalue weighted by Crippen LogP contribution is 2.71. The van der Waals surface area contributed by atoms with Crippen LogP contribution in [0.25, 0.3) is 0 Å². The van der Waals surface area contributed by atoms with Gasteiger partial charge in [-0.1, -0.05) is 20.8 Å². The average Bonchev–Trinajstić information content (AvgIpc) is 3.01. The number of carbonyl (C=O) groups is 2. The molecule has 5 fully saturated rings. The molecule has 0 amide bonds. The van der Waals surface area contributed by atoms with Crippen molar-refractivity contribution in [3.63, 3.8) is 0 Å². The van der Waals surface area contributed by atoms with Crippen molar-refractivity contribution in [2.45, 2.75) is 65.3 Å². The molecular formula is C20H28O5. The van der Waals surface area contributed by atoms with E-state index in [9.17, 15) is 14.7 Å². The van der Waals surface area contributed by atoms with Crippen LogP contribution in [0.2, 0.25) is 0 Å². The van der Waals surface area contributed by atoms with Crippen molar-refractivity contribution in [1.29, 1.82) is 0 Å². The van der Waals surface area contributed by atoms with E-state index in [1.807, 2.05) is 6.92 Å². The molecule has 8 atom stereocenters. The van der Waals surface area contributed by atoms with E-state index in [2.05, 4.69) is 13.8 Å². The summed E-state index contributed by atoms with van der Waals surface area (Å²) < 4.78 is 11.8. The molecule has 5 rings (SSSR count). The maximum Gasteiger partial charge on any atom is 0.320 e. The second-order valence-corrected chi connectivity index (χ2v) is 9.93. The van der Waals surface area contributed by atoms with Crippen LogP contribution in [0.5, 0.6) is 0 Å². The quantitative estimate of drug-likeness (QED) is 0.537. The number of fused-ring (bicyclic) bond motifs is 1. The molecular weight excluding hydrogens is 320 g/mol. The van der Waals surface area contributed by atoms with Gasteiger partial charge in [0.25, 0.3) is 0 Å². The number of rotatable bonds is 0. The zero-order chi connectivity index (χ0) is 17.8. The summed E-state index contributed by atoms with van der Waals surface area (Å²) in [5, 5.41) is 10.7. The SMILES string of the molecule is C[C@@H]1C(=O)[C@]23C[C@@H]1CC[C@H]2C12CO[C@@H](O)[C@@H]1C(C)(C)CC[C@@H]2OC3=O. The number of Topliss-reactive ketones (excluding diaryl/α,β-unsaturated/α-hetero) is 1. The smallest absolute Gasteiger partial charge is 0.320 e. The fourth-order valence-electron chi connectivity index (χ4n) is 7.62. The molecule has 3 saturated carbocycles. The van der Waals surface area contributed by atoms with Gasteiger partial charge in [0.2, 0.25) is 0 Å². The normalized spacial score (nSPS) is 56.0. The molecule has 138 valence electrons. The summed E-state index contributed by atoms with van der Waals surface area (Å²) in [5.74, 6) is -0.108. The molecule has 1 N–H and O–H groups in total. The minimum absolute atomic E-state index is 0.0540. The summed E-state index contributed by atoms with van der Waals surface area (Å²) in [6.07, 6.45) is 3.12. The van der Waals surface area contributed by atoms with E-state index in [-0.39, 0.29) is 41.0 Å². The van der Waals surface area contributed by atoms with E-state index < -0.39 is 17.1 Å². The number of ether oxygens (including phenoxy) is 2. The molecule has 5 heteroatoms. The van der Waals surface area contributed by atoms with Crippen LogP contribution in [0.4, 0.5) is 0 Å². The first-order valence-corrected chi connectivity index (χ1v) is 9.80. The molecule has 0 radical (unpaired) electrons. The van der Waals surface area contributed by atoms with Crippen LogP contribution >= 0.6 is 0 Å². The number of hydrogen-bond donors (Lipinski definition) is 1. The Hall–Kier alpha value is -0.940. The Bertz CT molecular complexity index is 656. The maximum absolute atomic E-state index is 13.3. The minimum Gasteiger partial charge on any atom is -0.461 e. The molecule has 5 nitrogen and oxygen atoms in total. The van der Waals surface area contributed by atoms with E-state index in [0.717, 1.165) is 25.7 Å². The summed E-state index contributed by atoms with van der Waals surface area (Å²) in [6, 6.07) is 0. The van der Waals surface area contributed by atoms with E-state index in [0.29, 0.717) is 18.9 Å². The molecule has 2 aliphatic heterocycles. The third-order valence-electron chi connectivity index (χ3n) is 8.69. The van der Waals surface area contributed by atoms with Crippen LogP contribution in [0.15, 0.2) is 0 Å². The van der Waals surface area contributed by atoms with Crippen LogP contribution in [-0.4, -0.2) is 35.9 Å². The summed E-state index contributed by atoms with van der Waals surface area (Å²) in [4.78, 5) is 26.4. The predicted octanol–water partition coefficient (Wildman–Crippen LogP) is 2.30. The third kappa shape index (κ3) is 1.64. The molecule has 25 heavy (non-hydrogen) atoms. The fourth-order valence-corrected chi connectivity index (χ4v) is 7.62. The molecule has 5 aliphatic rings. The van der Waals surface area contributed by atoms with Crippen LogP contribution in [0.3, 0.4) is 0 Å². The van der Waals surface area contributed by atoms with Crippen LogP contribution in [0.1, 0.15) is 52.9 Å². The first kappa shape index (κ1) is 16.2. The van der Waals surface area contributed by atoms with Crippen LogP contribution < -0.4 is 0 Å². The maximum atomic E-state index is 13.3. The van der Waals surface area contributed by atoms with Crippen molar-refractivity contribution in [2.75, 3.05) is 6.61 Å². The molecule has 2 heterocycles. The average molecular weight is 348 g/mol. The molecule has 2 bridgehead atoms. The summed E-state index contributed by atoms with van der Waals surface area (Å²) in [6.45, 7) is 6.74. The topological polar surface area (TPSA) is 72.8 Å². The van der Waals surface area contributed by atoms with Gasteiger partial charge < -0.3 is 14.6 Å². The van der Waals surface area contributed by atoms with Crippen molar-refractivity contribution >= 4 is 11.8 Å². The van der Waals surface area contributed by atoms with Crippen molar-refractivity contribution in [3.05, 3.63) is 0 Å². The lowest BCUT2D eigenvalue weighted by atomic mass is 9.44. The third-order valence-corrected chi connectivity index (χ3v) is 8.69. The van der Waals surface area contributed by atoms with E-state index in [4.69, 9.17) is 9.47 Å². The lowest BCUT2D eigenvalue weighted by Crippen LogP contribution is -2.68. The Kier molecular flexibility index (Phi) is 3.03. The molecule has 1 unspecified atom stereocenters. The van der Waals surface area contributed by atoms with Crippen molar-refractivity contribution in [2.24, 2.45) is 39.9 Å². The van der Waals surface area contributed by atoms with Gasteiger partial charge in [0, 0.05) is 17.3 Å².